The van der Waals surface area contributed by atoms with Crippen molar-refractivity contribution >= 4 is 22.7 Å². The third kappa shape index (κ3) is 2.82. The third-order valence-corrected chi connectivity index (χ3v) is 6.58. The first-order chi connectivity index (χ1) is 15.5. The van der Waals surface area contributed by atoms with Crippen LogP contribution < -0.4 is 24.3 Å². The number of amides is 2. The number of hydrogen-bond donors (Lipinski definition) is 2. The highest BCUT2D eigenvalue weighted by molar-refractivity contribution is 6.09. The second-order valence-corrected chi connectivity index (χ2v) is 8.05. The summed E-state index contributed by atoms with van der Waals surface area (Å²) < 4.78 is 22.0. The molecule has 32 heavy (non-hydrogen) atoms. The van der Waals surface area contributed by atoms with Crippen molar-refractivity contribution in [3.05, 3.63) is 47.2 Å². The molecule has 3 atom stereocenters. The number of carbonyl (C=O) groups excluding carboxylic acids is 2. The number of carbonyl (C=O) groups is 2. The van der Waals surface area contributed by atoms with E-state index in [9.17, 15) is 9.59 Å². The lowest BCUT2D eigenvalue weighted by atomic mass is 9.71. The van der Waals surface area contributed by atoms with Crippen LogP contribution in [0.15, 0.2) is 30.3 Å². The Kier molecular flexibility index (Phi) is 4.73. The number of aromatic nitrogens is 1. The third-order valence-electron chi connectivity index (χ3n) is 6.58. The highest BCUT2D eigenvalue weighted by atomic mass is 16.5. The molecule has 2 N–H and O–H groups in total. The Balaban J connectivity index is 1.77. The van der Waals surface area contributed by atoms with Gasteiger partial charge in [-0.15, -0.1) is 0 Å². The molecule has 5 rings (SSSR count). The summed E-state index contributed by atoms with van der Waals surface area (Å²) in [4.78, 5) is 28.7. The van der Waals surface area contributed by atoms with Crippen molar-refractivity contribution in [2.45, 2.75) is 18.3 Å². The van der Waals surface area contributed by atoms with Crippen molar-refractivity contribution in [2.75, 3.05) is 28.4 Å². The first kappa shape index (κ1) is 20.2. The summed E-state index contributed by atoms with van der Waals surface area (Å²) in [6, 6.07) is 9.58. The number of hydrogen-bond acceptors (Lipinski definition) is 6. The Bertz CT molecular complexity index is 1220. The van der Waals surface area contributed by atoms with Crippen LogP contribution in [-0.4, -0.2) is 45.2 Å². The summed E-state index contributed by atoms with van der Waals surface area (Å²) in [7, 11) is 6.33. The monoisotopic (exact) mass is 436 g/mol. The SMILES string of the molecule is COc1ccc2[nH]c3c(c2c1)[C@@H](c1cc(OC)c(OC)c(OC)c1)C[C@H]1C(=O)NC(=O)[C@@H]31. The Morgan fingerprint density at radius 3 is 2.22 bits per heavy atom. The summed E-state index contributed by atoms with van der Waals surface area (Å²) in [6.45, 7) is 0. The number of imide groups is 1. The zero-order valence-corrected chi connectivity index (χ0v) is 18.3. The molecule has 2 aromatic carbocycles. The van der Waals surface area contributed by atoms with Crippen molar-refractivity contribution in [3.63, 3.8) is 0 Å². The first-order valence-electron chi connectivity index (χ1n) is 10.3. The maximum Gasteiger partial charge on any atom is 0.236 e. The second-order valence-electron chi connectivity index (χ2n) is 8.05. The fraction of sp³-hybridized carbons (Fsp3) is 0.333. The molecule has 3 aromatic rings. The lowest BCUT2D eigenvalue weighted by Crippen LogP contribution is -2.26. The number of nitrogens with one attached hydrogen (secondary N) is 2. The first-order valence-corrected chi connectivity index (χ1v) is 10.3. The molecule has 1 fully saturated rings. The summed E-state index contributed by atoms with van der Waals surface area (Å²) in [5.41, 5.74) is 3.56. The van der Waals surface area contributed by atoms with Crippen molar-refractivity contribution in [1.82, 2.24) is 10.3 Å². The van der Waals surface area contributed by atoms with Crippen LogP contribution >= 0.6 is 0 Å². The van der Waals surface area contributed by atoms with Crippen LogP contribution in [0.2, 0.25) is 0 Å². The predicted octanol–water partition coefficient (Wildman–Crippen LogP) is 3.09. The fourth-order valence-corrected chi connectivity index (χ4v) is 5.14. The largest absolute Gasteiger partial charge is 0.497 e. The lowest BCUT2D eigenvalue weighted by molar-refractivity contribution is -0.125. The van der Waals surface area contributed by atoms with Crippen LogP contribution in [-0.2, 0) is 9.59 Å². The Morgan fingerprint density at radius 1 is 0.875 bits per heavy atom. The van der Waals surface area contributed by atoms with E-state index in [1.54, 1.807) is 28.4 Å². The zero-order valence-electron chi connectivity index (χ0n) is 18.3. The van der Waals surface area contributed by atoms with Crippen LogP contribution in [0.4, 0.5) is 0 Å². The second kappa shape index (κ2) is 7.47. The van der Waals surface area contributed by atoms with Gasteiger partial charge in [0, 0.05) is 22.5 Å². The molecule has 0 spiro atoms. The molecule has 166 valence electrons. The molecule has 1 aliphatic heterocycles. The van der Waals surface area contributed by atoms with E-state index in [1.165, 1.54) is 0 Å². The van der Waals surface area contributed by atoms with E-state index in [1.807, 2.05) is 30.3 Å². The van der Waals surface area contributed by atoms with Crippen LogP contribution in [0, 0.1) is 5.92 Å². The molecule has 8 nitrogen and oxygen atoms in total. The lowest BCUT2D eigenvalue weighted by Gasteiger charge is -2.30. The minimum atomic E-state index is -0.533. The summed E-state index contributed by atoms with van der Waals surface area (Å²) in [6.07, 6.45) is 0.484. The average Bonchev–Trinajstić information content (AvgIpc) is 3.33. The molecule has 2 heterocycles. The predicted molar refractivity (Wildman–Crippen MR) is 117 cm³/mol. The van der Waals surface area contributed by atoms with Crippen LogP contribution in [0.25, 0.3) is 10.9 Å². The van der Waals surface area contributed by atoms with Gasteiger partial charge in [-0.3, -0.25) is 14.9 Å². The van der Waals surface area contributed by atoms with Crippen molar-refractivity contribution in [3.8, 4) is 23.0 Å². The number of H-pyrrole nitrogens is 1. The Morgan fingerprint density at radius 2 is 1.59 bits per heavy atom. The molecular formula is C24H24N2O6. The van der Waals surface area contributed by atoms with Gasteiger partial charge in [0.25, 0.3) is 0 Å². The number of methoxy groups -OCH3 is 4. The summed E-state index contributed by atoms with van der Waals surface area (Å²) in [5, 5.41) is 3.47. The van der Waals surface area contributed by atoms with Gasteiger partial charge in [0.2, 0.25) is 17.6 Å². The molecule has 0 saturated carbocycles. The maximum absolute atomic E-state index is 12.7. The highest BCUT2D eigenvalue weighted by Gasteiger charge is 2.50. The number of rotatable bonds is 5. The van der Waals surface area contributed by atoms with Crippen LogP contribution in [0.3, 0.4) is 0 Å². The minimum Gasteiger partial charge on any atom is -0.497 e. The Hall–Kier alpha value is -3.68. The van der Waals surface area contributed by atoms with Gasteiger partial charge in [-0.05, 0) is 47.9 Å². The van der Waals surface area contributed by atoms with Crippen molar-refractivity contribution in [1.29, 1.82) is 0 Å². The normalized spacial score (nSPS) is 21.7. The van der Waals surface area contributed by atoms with Crippen molar-refractivity contribution < 1.29 is 28.5 Å². The van der Waals surface area contributed by atoms with E-state index in [4.69, 9.17) is 18.9 Å². The molecule has 2 aliphatic rings. The number of benzene rings is 2. The molecular weight excluding hydrogens is 412 g/mol. The van der Waals surface area contributed by atoms with Gasteiger partial charge in [-0.1, -0.05) is 0 Å². The quantitative estimate of drug-likeness (QED) is 0.597. The number of fused-ring (bicyclic) bond motifs is 5. The zero-order chi connectivity index (χ0) is 22.6. The molecule has 2 amide bonds. The number of ether oxygens (including phenoxy) is 4. The summed E-state index contributed by atoms with van der Waals surface area (Å²) >= 11 is 0. The van der Waals surface area contributed by atoms with Gasteiger partial charge in [-0.2, -0.15) is 0 Å². The van der Waals surface area contributed by atoms with E-state index in [0.717, 1.165) is 33.5 Å². The molecule has 0 radical (unpaired) electrons. The van der Waals surface area contributed by atoms with Gasteiger partial charge >= 0.3 is 0 Å². The minimum absolute atomic E-state index is 0.169. The van der Waals surface area contributed by atoms with Gasteiger partial charge < -0.3 is 23.9 Å². The topological polar surface area (TPSA) is 98.9 Å². The van der Waals surface area contributed by atoms with E-state index >= 15 is 0 Å². The maximum atomic E-state index is 12.7. The standard InChI is InChI=1S/C24H24N2O6/c1-29-12-5-6-16-14(9-12)19-13(10-15-20(21(19)25-16)24(28)26-23(15)27)11-7-17(30-2)22(32-4)18(8-11)31-3/h5-9,13,15,20,25H,10H2,1-4H3,(H,26,27,28)/t13-,15-,20-/m1/s1. The summed E-state index contributed by atoms with van der Waals surface area (Å²) in [5.74, 6) is 0.645. The van der Waals surface area contributed by atoms with Crippen molar-refractivity contribution in [2.24, 2.45) is 5.92 Å². The van der Waals surface area contributed by atoms with E-state index in [0.29, 0.717) is 23.7 Å². The molecule has 0 unspecified atom stereocenters. The van der Waals surface area contributed by atoms with Gasteiger partial charge in [0.05, 0.1) is 40.3 Å². The van der Waals surface area contributed by atoms with Gasteiger partial charge in [-0.25, -0.2) is 0 Å². The van der Waals surface area contributed by atoms with Crippen LogP contribution in [0.5, 0.6) is 23.0 Å². The van der Waals surface area contributed by atoms with Gasteiger partial charge in [0.15, 0.2) is 11.5 Å². The van der Waals surface area contributed by atoms with Gasteiger partial charge in [0.1, 0.15) is 5.75 Å². The smallest absolute Gasteiger partial charge is 0.236 e. The molecule has 1 saturated heterocycles. The van der Waals surface area contributed by atoms with Crippen LogP contribution in [0.1, 0.15) is 35.1 Å². The fourth-order valence-electron chi connectivity index (χ4n) is 5.14. The molecule has 1 aliphatic carbocycles. The molecule has 0 bridgehead atoms. The average molecular weight is 436 g/mol. The highest BCUT2D eigenvalue weighted by Crippen LogP contribution is 2.52. The van der Waals surface area contributed by atoms with E-state index < -0.39 is 11.8 Å². The van der Waals surface area contributed by atoms with E-state index in [-0.39, 0.29) is 17.7 Å². The molecule has 1 aromatic heterocycles. The van der Waals surface area contributed by atoms with E-state index in [2.05, 4.69) is 10.3 Å². The Labute approximate surface area is 184 Å². The number of aromatic amines is 1. The molecule has 8 heteroatoms.